The first-order chi connectivity index (χ1) is 34.7. The van der Waals surface area contributed by atoms with Crippen molar-refractivity contribution in [3.8, 4) is 33.8 Å². The van der Waals surface area contributed by atoms with Crippen LogP contribution < -0.4 is 0 Å². The van der Waals surface area contributed by atoms with Gasteiger partial charge in [-0.15, -0.1) is 90.0 Å². The number of nitrogens with zero attached hydrogens (tertiary/aromatic N) is 4. The van der Waals surface area contributed by atoms with Crippen LogP contribution in [-0.4, -0.2) is 19.9 Å². The van der Waals surface area contributed by atoms with E-state index in [1.807, 2.05) is 131 Å². The third-order valence-electron chi connectivity index (χ3n) is 12.7. The molecule has 1 unspecified atom stereocenters. The zero-order valence-electron chi connectivity index (χ0n) is 47.2. The molecule has 0 saturated carbocycles. The molecular formula is C61H59IrN4O. The van der Waals surface area contributed by atoms with Gasteiger partial charge in [-0.25, -0.2) is 4.98 Å². The number of fused-ring (bicyclic) bond motifs is 3. The van der Waals surface area contributed by atoms with Crippen LogP contribution in [0.3, 0.4) is 0 Å². The van der Waals surface area contributed by atoms with E-state index in [2.05, 4.69) is 56.9 Å². The van der Waals surface area contributed by atoms with Crippen LogP contribution in [0.2, 0.25) is 0 Å². The Morgan fingerprint density at radius 3 is 1.76 bits per heavy atom. The van der Waals surface area contributed by atoms with Gasteiger partial charge in [0.15, 0.2) is 0 Å². The monoisotopic (exact) mass is 1060 g/mol. The first-order valence-electron chi connectivity index (χ1n) is 26.4. The maximum absolute atomic E-state index is 9.80. The minimum atomic E-state index is -2.92. The van der Waals surface area contributed by atoms with E-state index < -0.39 is 47.3 Å². The number of benzene rings is 4. The van der Waals surface area contributed by atoms with Gasteiger partial charge in [0.25, 0.3) is 0 Å². The van der Waals surface area contributed by atoms with Gasteiger partial charge in [-0.05, 0) is 111 Å². The fourth-order valence-corrected chi connectivity index (χ4v) is 8.51. The van der Waals surface area contributed by atoms with Crippen LogP contribution in [0.15, 0.2) is 144 Å². The molecule has 9 rings (SSSR count). The topological polar surface area (TPSA) is 64.7 Å². The first kappa shape index (κ1) is 38.0. The van der Waals surface area contributed by atoms with Crippen molar-refractivity contribution in [1.29, 1.82) is 0 Å². The molecule has 0 aliphatic carbocycles. The van der Waals surface area contributed by atoms with Gasteiger partial charge in [0.2, 0.25) is 5.71 Å². The van der Waals surface area contributed by atoms with Gasteiger partial charge < -0.3 is 19.4 Å². The Morgan fingerprint density at radius 2 is 1.22 bits per heavy atom. The summed E-state index contributed by atoms with van der Waals surface area (Å²) in [6.45, 7) is 13.3. The Balaban J connectivity index is 0.00000747. The Labute approximate surface area is 422 Å². The van der Waals surface area contributed by atoms with Crippen molar-refractivity contribution in [2.45, 2.75) is 105 Å². The summed E-state index contributed by atoms with van der Waals surface area (Å²) in [5.74, 6) is -1.04. The third-order valence-corrected chi connectivity index (χ3v) is 12.7. The Kier molecular flexibility index (Phi) is 10.9. The Hall–Kier alpha value is -6.07. The van der Waals surface area contributed by atoms with Crippen LogP contribution in [0.5, 0.6) is 0 Å². The Morgan fingerprint density at radius 1 is 0.627 bits per heavy atom. The summed E-state index contributed by atoms with van der Waals surface area (Å²) < 4.78 is 80.7. The zero-order chi connectivity index (χ0) is 53.2. The van der Waals surface area contributed by atoms with Crippen molar-refractivity contribution in [2.75, 3.05) is 0 Å². The summed E-state index contributed by atoms with van der Waals surface area (Å²) in [5, 5.41) is 1.38. The van der Waals surface area contributed by atoms with E-state index in [1.54, 1.807) is 18.2 Å². The number of rotatable bonds is 13. The van der Waals surface area contributed by atoms with E-state index in [0.717, 1.165) is 51.0 Å². The molecule has 6 heteroatoms. The molecule has 4 aromatic carbocycles. The maximum atomic E-state index is 9.80. The standard InChI is InChI=1S/C61H59N4O.Ir/c1-40-31-56(52-22-16-21-50-51-27-30-53(41(2)59(3,4)5)65-58(51)66-57(50)52)62-37-47(40)24-23-42-32-43(35-60(6,7)48-25-28-54(63-38-48)45-17-12-10-13-18-45)34-44(33-42)36-61(8,9)49-26-29-55(64-39-49)46-19-14-11-15-20-46;/h10-17,19,21,25-34,37-39,41H,23-24,35-36H2,1-9H3;/q-3;+3/i1D3,23D2,24D2,41D;. The summed E-state index contributed by atoms with van der Waals surface area (Å²) >= 11 is 0. The second-order valence-corrected chi connectivity index (χ2v) is 19.6. The molecular weight excluding hydrogens is 997 g/mol. The predicted molar refractivity (Wildman–Crippen MR) is 271 cm³/mol. The first-order valence-corrected chi connectivity index (χ1v) is 22.4. The summed E-state index contributed by atoms with van der Waals surface area (Å²) in [6, 6.07) is 47.0. The van der Waals surface area contributed by atoms with Gasteiger partial charge in [-0.1, -0.05) is 120 Å². The van der Waals surface area contributed by atoms with Crippen LogP contribution in [0, 0.1) is 30.5 Å². The largest absolute Gasteiger partial charge is 3.00 e. The van der Waals surface area contributed by atoms with Crippen molar-refractivity contribution in [3.63, 3.8) is 0 Å². The molecule has 0 aliphatic heterocycles. The molecule has 67 heavy (non-hydrogen) atoms. The average Bonchev–Trinajstić information content (AvgIpc) is 3.74. The average molecular weight is 1060 g/mol. The number of hydrogen-bond donors (Lipinski definition) is 0. The molecule has 0 bridgehead atoms. The van der Waals surface area contributed by atoms with Crippen LogP contribution in [-0.2, 0) is 56.5 Å². The van der Waals surface area contributed by atoms with Gasteiger partial charge in [0, 0.05) is 46.5 Å². The molecule has 5 heterocycles. The van der Waals surface area contributed by atoms with E-state index in [4.69, 9.17) is 24.9 Å². The molecule has 0 N–H and O–H groups in total. The van der Waals surface area contributed by atoms with Crippen LogP contribution >= 0.6 is 0 Å². The molecule has 9 aromatic rings. The van der Waals surface area contributed by atoms with E-state index in [0.29, 0.717) is 46.2 Å². The maximum Gasteiger partial charge on any atom is 3.00 e. The summed E-state index contributed by atoms with van der Waals surface area (Å²) in [4.78, 5) is 19.0. The number of aromatic nitrogens is 4. The molecule has 0 saturated heterocycles. The predicted octanol–water partition coefficient (Wildman–Crippen LogP) is 14.8. The minimum Gasteiger partial charge on any atom is -0.486 e. The zero-order valence-corrected chi connectivity index (χ0v) is 41.6. The fourth-order valence-electron chi connectivity index (χ4n) is 8.51. The van der Waals surface area contributed by atoms with Crippen molar-refractivity contribution >= 4 is 22.1 Å². The second-order valence-electron chi connectivity index (χ2n) is 19.6. The van der Waals surface area contributed by atoms with Crippen LogP contribution in [0.25, 0.3) is 55.8 Å². The summed E-state index contributed by atoms with van der Waals surface area (Å²) in [7, 11) is 0. The van der Waals surface area contributed by atoms with Crippen molar-refractivity contribution in [3.05, 3.63) is 203 Å². The fraction of sp³-hybridized carbons (Fsp3) is 0.279. The van der Waals surface area contributed by atoms with Crippen LogP contribution in [0.4, 0.5) is 0 Å². The molecule has 0 radical (unpaired) electrons. The molecule has 1 atom stereocenters. The minimum absolute atomic E-state index is 0. The van der Waals surface area contributed by atoms with Crippen LogP contribution in [0.1, 0.15) is 117 Å². The normalized spacial score (nSPS) is 15.5. The van der Waals surface area contributed by atoms with E-state index in [9.17, 15) is 5.48 Å². The van der Waals surface area contributed by atoms with Gasteiger partial charge in [-0.3, -0.25) is 0 Å². The number of furan rings is 1. The molecule has 0 aliphatic rings. The molecule has 5 aromatic heterocycles. The van der Waals surface area contributed by atoms with Crippen molar-refractivity contribution in [1.82, 2.24) is 19.9 Å². The van der Waals surface area contributed by atoms with E-state index in [-0.39, 0.29) is 36.9 Å². The molecule has 0 spiro atoms. The molecule has 0 amide bonds. The second kappa shape index (κ2) is 19.3. The summed E-state index contributed by atoms with van der Waals surface area (Å²) in [6.07, 6.45) is 0.0582. The van der Waals surface area contributed by atoms with Gasteiger partial charge in [0.05, 0.1) is 5.58 Å². The molecule has 338 valence electrons. The number of hydrogen-bond acceptors (Lipinski definition) is 5. The Bertz CT molecular complexity index is 3380. The van der Waals surface area contributed by atoms with Gasteiger partial charge in [-0.2, -0.15) is 0 Å². The third kappa shape index (κ3) is 10.4. The number of pyridine rings is 4. The van der Waals surface area contributed by atoms with Crippen molar-refractivity contribution in [2.24, 2.45) is 5.41 Å². The molecule has 0 fully saturated rings. The van der Waals surface area contributed by atoms with Crippen molar-refractivity contribution < 1.29 is 35.5 Å². The van der Waals surface area contributed by atoms with E-state index in [1.165, 1.54) is 6.07 Å². The number of aryl methyl sites for hydroxylation is 3. The van der Waals surface area contributed by atoms with E-state index >= 15 is 0 Å². The quantitative estimate of drug-likeness (QED) is 0.108. The SMILES string of the molecule is [2H]C([2H])([2H])c1cc(-c2[c-]ccc3c2oc2nc(C([2H])(C)C(C)(C)C)ccc23)ncc1C([2H])([2H])C([2H])([2H])c1cc(CC(C)(C)c2ccc(-c3[c-]cccc3)nc2)cc(CC(C)(C)c2ccc(-c3[c-]cccc3)nc2)c1.[Ir+3]. The van der Waals surface area contributed by atoms with Gasteiger partial charge >= 0.3 is 20.1 Å². The smallest absolute Gasteiger partial charge is 0.486 e. The van der Waals surface area contributed by atoms with Gasteiger partial charge in [0.1, 0.15) is 0 Å². The summed E-state index contributed by atoms with van der Waals surface area (Å²) in [5.41, 5.74) is 6.34. The molecule has 5 nitrogen and oxygen atoms in total.